The van der Waals surface area contributed by atoms with Crippen LogP contribution in [-0.2, 0) is 33.5 Å². The van der Waals surface area contributed by atoms with E-state index in [1.54, 1.807) is 43.3 Å². The predicted octanol–water partition coefficient (Wildman–Crippen LogP) is 5.65. The van der Waals surface area contributed by atoms with E-state index in [9.17, 15) is 36.6 Å². The highest BCUT2D eigenvalue weighted by Gasteiger charge is 2.59. The first kappa shape index (κ1) is 32.1. The Morgan fingerprint density at radius 1 is 0.951 bits per heavy atom. The van der Waals surface area contributed by atoms with E-state index in [1.807, 2.05) is 6.07 Å². The first-order valence-electron chi connectivity index (χ1n) is 13.1. The molecule has 0 bridgehead atoms. The Kier molecular flexibility index (Phi) is 11.3. The summed E-state index contributed by atoms with van der Waals surface area (Å²) in [6.07, 6.45) is -10.3. The Morgan fingerprint density at radius 2 is 1.63 bits per heavy atom. The molecule has 0 radical (unpaired) electrons. The largest absolute Gasteiger partial charge is 0.492 e. The van der Waals surface area contributed by atoms with Crippen LogP contribution in [0.4, 0.5) is 26.7 Å². The number of hydrogen-bond acceptors (Lipinski definition) is 6. The van der Waals surface area contributed by atoms with Crippen LogP contribution in [0.5, 0.6) is 11.5 Å². The molecule has 0 spiro atoms. The van der Waals surface area contributed by atoms with Crippen molar-refractivity contribution >= 4 is 12.1 Å². The third kappa shape index (κ3) is 9.56. The number of benzene rings is 2. The van der Waals surface area contributed by atoms with Gasteiger partial charge in [-0.1, -0.05) is 18.2 Å². The number of halogens is 5. The summed E-state index contributed by atoms with van der Waals surface area (Å²) in [7, 11) is 0. The monoisotopic (exact) mass is 589 g/mol. The molecular formula is C28H32F5NO7. The lowest BCUT2D eigenvalue weighted by atomic mass is 10.1. The van der Waals surface area contributed by atoms with Crippen LogP contribution in [0.2, 0.25) is 0 Å². The van der Waals surface area contributed by atoms with Gasteiger partial charge in [0.1, 0.15) is 18.1 Å². The zero-order valence-electron chi connectivity index (χ0n) is 22.4. The Labute approximate surface area is 233 Å². The first-order chi connectivity index (χ1) is 19.4. The van der Waals surface area contributed by atoms with Crippen LogP contribution in [0.15, 0.2) is 42.5 Å². The van der Waals surface area contributed by atoms with E-state index < -0.39 is 37.1 Å². The summed E-state index contributed by atoms with van der Waals surface area (Å²) < 4.78 is 83.3. The smallest absolute Gasteiger partial charge is 0.482 e. The molecule has 0 heterocycles. The van der Waals surface area contributed by atoms with Crippen LogP contribution in [0, 0.1) is 0 Å². The summed E-state index contributed by atoms with van der Waals surface area (Å²) in [6.45, 7) is 0.662. The van der Waals surface area contributed by atoms with Gasteiger partial charge < -0.3 is 29.0 Å². The Balaban J connectivity index is 1.57. The first-order valence-corrected chi connectivity index (χ1v) is 13.1. The minimum Gasteiger partial charge on any atom is -0.492 e. The van der Waals surface area contributed by atoms with Crippen LogP contribution < -0.4 is 9.47 Å². The quantitative estimate of drug-likeness (QED) is 0.212. The molecule has 2 aromatic rings. The normalized spacial score (nSPS) is 13.9. The van der Waals surface area contributed by atoms with Crippen molar-refractivity contribution in [1.82, 2.24) is 4.90 Å². The summed E-state index contributed by atoms with van der Waals surface area (Å²) in [5.41, 5.74) is 2.93. The van der Waals surface area contributed by atoms with E-state index >= 15 is 0 Å². The maximum atomic E-state index is 13.1. The fourth-order valence-corrected chi connectivity index (χ4v) is 4.24. The van der Waals surface area contributed by atoms with E-state index in [1.165, 1.54) is 5.56 Å². The summed E-state index contributed by atoms with van der Waals surface area (Å²) in [6, 6.07) is 11.8. The lowest BCUT2D eigenvalue weighted by Crippen LogP contribution is -2.41. The fourth-order valence-electron chi connectivity index (χ4n) is 4.24. The SMILES string of the molecule is CCOC(Cc1ccc(OCCN(CCCOC(F)(F)C(F)(F)F)C(=O)Oc2ccc3c(c2)CCC3)cc1)C(=O)O. The zero-order valence-corrected chi connectivity index (χ0v) is 22.4. The van der Waals surface area contributed by atoms with Crippen LogP contribution in [0.25, 0.3) is 0 Å². The molecule has 8 nitrogen and oxygen atoms in total. The standard InChI is InChI=1S/C28H32F5NO7/c1-2-38-24(25(35)36)17-19-7-10-22(11-8-19)39-16-14-34(13-4-15-40-28(32,33)27(29,30)31)26(37)41-23-12-9-20-5-3-6-21(20)18-23/h7-12,18,24H,2-6,13-17H2,1H3,(H,35,36). The van der Waals surface area contributed by atoms with Gasteiger partial charge in [-0.2, -0.15) is 22.0 Å². The number of alkyl halides is 5. The van der Waals surface area contributed by atoms with Gasteiger partial charge in [0, 0.05) is 19.6 Å². The Hall–Kier alpha value is -3.45. The number of carboxylic acids is 1. The molecule has 2 aromatic carbocycles. The number of carboxylic acid groups (broad SMARTS) is 1. The molecule has 1 aliphatic carbocycles. The van der Waals surface area contributed by atoms with Crippen molar-refractivity contribution in [2.45, 2.75) is 57.4 Å². The number of aliphatic carboxylic acids is 1. The summed E-state index contributed by atoms with van der Waals surface area (Å²) in [5, 5.41) is 9.23. The fraction of sp³-hybridized carbons (Fsp3) is 0.500. The lowest BCUT2D eigenvalue weighted by Gasteiger charge is -2.23. The number of carbonyl (C=O) groups excluding carboxylic acids is 1. The molecule has 13 heteroatoms. The third-order valence-electron chi connectivity index (χ3n) is 6.34. The number of hydrogen-bond donors (Lipinski definition) is 1. The molecule has 1 N–H and O–H groups in total. The van der Waals surface area contributed by atoms with E-state index in [0.29, 0.717) is 17.1 Å². The summed E-state index contributed by atoms with van der Waals surface area (Å²) in [4.78, 5) is 25.3. The average Bonchev–Trinajstić information content (AvgIpc) is 3.38. The number of rotatable bonds is 15. The summed E-state index contributed by atoms with van der Waals surface area (Å²) >= 11 is 0. The number of aryl methyl sites for hydroxylation is 2. The molecular weight excluding hydrogens is 557 g/mol. The highest BCUT2D eigenvalue weighted by Crippen LogP contribution is 2.36. The molecule has 0 aromatic heterocycles. The van der Waals surface area contributed by atoms with Crippen LogP contribution in [-0.4, -0.2) is 73.4 Å². The lowest BCUT2D eigenvalue weighted by molar-refractivity contribution is -0.391. The molecule has 0 fully saturated rings. The minimum atomic E-state index is -5.85. The number of carbonyl (C=O) groups is 2. The van der Waals surface area contributed by atoms with Crippen molar-refractivity contribution in [3.63, 3.8) is 0 Å². The molecule has 226 valence electrons. The molecule has 0 saturated heterocycles. The number of fused-ring (bicyclic) bond motifs is 1. The van der Waals surface area contributed by atoms with Crippen LogP contribution in [0.3, 0.4) is 0 Å². The van der Waals surface area contributed by atoms with Crippen molar-refractivity contribution in [3.8, 4) is 11.5 Å². The molecule has 1 atom stereocenters. The second kappa shape index (κ2) is 14.4. The topological polar surface area (TPSA) is 94.5 Å². The summed E-state index contributed by atoms with van der Waals surface area (Å²) in [5.74, 6) is -0.368. The molecule has 0 saturated carbocycles. The molecule has 0 aliphatic heterocycles. The van der Waals surface area contributed by atoms with Gasteiger partial charge in [0.05, 0.1) is 13.2 Å². The molecule has 3 rings (SSSR count). The van der Waals surface area contributed by atoms with Crippen molar-refractivity contribution in [2.24, 2.45) is 0 Å². The zero-order chi connectivity index (χ0) is 30.0. The van der Waals surface area contributed by atoms with Gasteiger partial charge in [-0.3, -0.25) is 0 Å². The predicted molar refractivity (Wildman–Crippen MR) is 136 cm³/mol. The van der Waals surface area contributed by atoms with Crippen molar-refractivity contribution in [1.29, 1.82) is 0 Å². The highest BCUT2D eigenvalue weighted by atomic mass is 19.4. The Bertz CT molecular complexity index is 1160. The molecule has 41 heavy (non-hydrogen) atoms. The van der Waals surface area contributed by atoms with Gasteiger partial charge in [0.2, 0.25) is 0 Å². The van der Waals surface area contributed by atoms with Gasteiger partial charge in [-0.15, -0.1) is 0 Å². The average molecular weight is 590 g/mol. The molecule has 1 amide bonds. The van der Waals surface area contributed by atoms with Gasteiger partial charge in [0.25, 0.3) is 0 Å². The van der Waals surface area contributed by atoms with E-state index in [-0.39, 0.29) is 39.1 Å². The van der Waals surface area contributed by atoms with Crippen LogP contribution in [0.1, 0.15) is 36.5 Å². The van der Waals surface area contributed by atoms with Gasteiger partial charge in [-0.25, -0.2) is 9.59 Å². The minimum absolute atomic E-state index is 0.0467. The van der Waals surface area contributed by atoms with Crippen molar-refractivity contribution in [2.75, 3.05) is 32.9 Å². The van der Waals surface area contributed by atoms with Gasteiger partial charge in [-0.05, 0) is 73.6 Å². The number of nitrogens with zero attached hydrogens (tertiary/aromatic N) is 1. The number of ether oxygens (including phenoxy) is 4. The van der Waals surface area contributed by atoms with E-state index in [4.69, 9.17) is 14.2 Å². The molecule has 1 unspecified atom stereocenters. The van der Waals surface area contributed by atoms with Crippen molar-refractivity contribution in [3.05, 3.63) is 59.2 Å². The van der Waals surface area contributed by atoms with Gasteiger partial charge in [0.15, 0.2) is 6.10 Å². The van der Waals surface area contributed by atoms with E-state index in [0.717, 1.165) is 29.7 Å². The number of amides is 1. The third-order valence-corrected chi connectivity index (χ3v) is 6.34. The van der Waals surface area contributed by atoms with Crippen molar-refractivity contribution < 1.29 is 55.6 Å². The maximum absolute atomic E-state index is 13.1. The maximum Gasteiger partial charge on any atom is 0.482 e. The Morgan fingerprint density at radius 3 is 2.29 bits per heavy atom. The van der Waals surface area contributed by atoms with Gasteiger partial charge >= 0.3 is 24.3 Å². The second-order valence-electron chi connectivity index (χ2n) is 9.33. The highest BCUT2D eigenvalue weighted by molar-refractivity contribution is 5.72. The second-order valence-corrected chi connectivity index (χ2v) is 9.33. The van der Waals surface area contributed by atoms with E-state index in [2.05, 4.69) is 4.74 Å². The molecule has 1 aliphatic rings. The van der Waals surface area contributed by atoms with Crippen LogP contribution >= 0.6 is 0 Å².